The zero-order valence-corrected chi connectivity index (χ0v) is 10.0. The van der Waals surface area contributed by atoms with Crippen molar-refractivity contribution in [3.05, 3.63) is 35.4 Å². The first kappa shape index (κ1) is 10.5. The van der Waals surface area contributed by atoms with Crippen LogP contribution in [0.15, 0.2) is 18.3 Å². The van der Waals surface area contributed by atoms with E-state index in [1.165, 1.54) is 25.1 Å². The lowest BCUT2D eigenvalue weighted by molar-refractivity contribution is -0.107. The highest BCUT2D eigenvalue weighted by molar-refractivity contribution is 5.60. The Bertz CT molecular complexity index is 567. The van der Waals surface area contributed by atoms with Gasteiger partial charge >= 0.3 is 0 Å². The average molecular weight is 228 g/mol. The number of aromatic nitrogens is 2. The third-order valence-electron chi connectivity index (χ3n) is 3.71. The molecule has 0 spiro atoms. The van der Waals surface area contributed by atoms with Gasteiger partial charge in [-0.2, -0.15) is 0 Å². The summed E-state index contributed by atoms with van der Waals surface area (Å²) in [4.78, 5) is 15.2. The maximum Gasteiger partial charge on any atom is 0.124 e. The molecule has 1 fully saturated rings. The largest absolute Gasteiger partial charge is 0.303 e. The molecule has 0 unspecified atom stereocenters. The Balaban J connectivity index is 2.11. The van der Waals surface area contributed by atoms with Crippen molar-refractivity contribution in [1.29, 1.82) is 0 Å². The number of imidazole rings is 1. The van der Waals surface area contributed by atoms with Gasteiger partial charge in [0, 0.05) is 18.5 Å². The van der Waals surface area contributed by atoms with Gasteiger partial charge in [-0.05, 0) is 37.5 Å². The van der Waals surface area contributed by atoms with Crippen molar-refractivity contribution < 1.29 is 4.79 Å². The Morgan fingerprint density at radius 2 is 2.35 bits per heavy atom. The Hall–Kier alpha value is -1.64. The normalized spacial score (nSPS) is 16.1. The molecule has 2 aromatic rings. The van der Waals surface area contributed by atoms with Gasteiger partial charge in [0.1, 0.15) is 12.1 Å². The number of hydrogen-bond donors (Lipinski definition) is 0. The topological polar surface area (TPSA) is 34.4 Å². The molecule has 0 amide bonds. The van der Waals surface area contributed by atoms with Gasteiger partial charge in [0.2, 0.25) is 0 Å². The van der Waals surface area contributed by atoms with Gasteiger partial charge in [-0.3, -0.25) is 0 Å². The molecule has 3 rings (SSSR count). The summed E-state index contributed by atoms with van der Waals surface area (Å²) in [6, 6.07) is 4.10. The van der Waals surface area contributed by atoms with Gasteiger partial charge in [-0.1, -0.05) is 6.42 Å². The van der Waals surface area contributed by atoms with E-state index in [0.29, 0.717) is 12.3 Å². The fourth-order valence-electron chi connectivity index (χ4n) is 2.48. The van der Waals surface area contributed by atoms with Gasteiger partial charge in [-0.15, -0.1) is 0 Å². The van der Waals surface area contributed by atoms with Gasteiger partial charge < -0.3 is 9.20 Å². The van der Waals surface area contributed by atoms with Gasteiger partial charge in [0.05, 0.1) is 11.2 Å². The highest BCUT2D eigenvalue weighted by Gasteiger charge is 2.24. The lowest BCUT2D eigenvalue weighted by Crippen LogP contribution is -2.12. The van der Waals surface area contributed by atoms with Gasteiger partial charge in [-0.25, -0.2) is 4.98 Å². The summed E-state index contributed by atoms with van der Waals surface area (Å²) < 4.78 is 2.19. The molecule has 17 heavy (non-hydrogen) atoms. The molecule has 0 bridgehead atoms. The molecule has 2 heterocycles. The van der Waals surface area contributed by atoms with Crippen LogP contribution in [0.25, 0.3) is 5.52 Å². The average Bonchev–Trinajstić information content (AvgIpc) is 2.55. The van der Waals surface area contributed by atoms with Crippen LogP contribution in [0.4, 0.5) is 0 Å². The molecule has 1 saturated carbocycles. The third kappa shape index (κ3) is 1.66. The molecule has 2 aromatic heterocycles. The monoisotopic (exact) mass is 228 g/mol. The Labute approximate surface area is 100 Å². The highest BCUT2D eigenvalue weighted by Crippen LogP contribution is 2.36. The second-order valence-corrected chi connectivity index (χ2v) is 4.84. The van der Waals surface area contributed by atoms with Crippen molar-refractivity contribution in [2.75, 3.05) is 0 Å². The molecule has 0 saturated heterocycles. The molecule has 3 heteroatoms. The first-order chi connectivity index (χ1) is 8.29. The van der Waals surface area contributed by atoms with E-state index in [4.69, 9.17) is 0 Å². The minimum Gasteiger partial charge on any atom is -0.303 e. The van der Waals surface area contributed by atoms with Crippen molar-refractivity contribution in [2.45, 2.75) is 38.5 Å². The molecule has 0 N–H and O–H groups in total. The number of fused-ring (bicyclic) bond motifs is 1. The second kappa shape index (κ2) is 3.99. The number of aldehydes is 1. The number of rotatable bonds is 3. The van der Waals surface area contributed by atoms with Crippen LogP contribution < -0.4 is 0 Å². The van der Waals surface area contributed by atoms with Crippen molar-refractivity contribution in [2.24, 2.45) is 0 Å². The van der Waals surface area contributed by atoms with E-state index in [-0.39, 0.29) is 0 Å². The van der Waals surface area contributed by atoms with E-state index in [1.54, 1.807) is 0 Å². The van der Waals surface area contributed by atoms with Crippen LogP contribution in [0.5, 0.6) is 0 Å². The fraction of sp³-hybridized carbons (Fsp3) is 0.429. The van der Waals surface area contributed by atoms with E-state index >= 15 is 0 Å². The number of hydrogen-bond acceptors (Lipinski definition) is 2. The minimum atomic E-state index is 0.486. The lowest BCUT2D eigenvalue weighted by atomic mass is 9.85. The SMILES string of the molecule is Cc1nc(C2CCC2)n2ccc(CC=O)cc12. The standard InChI is InChI=1S/C14H16N2O/c1-10-13-9-11(6-8-17)5-7-16(13)14(15-10)12-3-2-4-12/h5,7-9,12H,2-4,6H2,1H3. The molecule has 0 radical (unpaired) electrons. The number of carbonyl (C=O) groups excluding carboxylic acids is 1. The molecule has 3 nitrogen and oxygen atoms in total. The Morgan fingerprint density at radius 1 is 1.53 bits per heavy atom. The molecule has 0 atom stereocenters. The van der Waals surface area contributed by atoms with E-state index in [9.17, 15) is 4.79 Å². The molecule has 1 aliphatic rings. The summed E-state index contributed by atoms with van der Waals surface area (Å²) in [5, 5.41) is 0. The van der Waals surface area contributed by atoms with Crippen molar-refractivity contribution >= 4 is 11.8 Å². The van der Waals surface area contributed by atoms with Gasteiger partial charge in [0.15, 0.2) is 0 Å². The third-order valence-corrected chi connectivity index (χ3v) is 3.71. The van der Waals surface area contributed by atoms with E-state index in [1.807, 2.05) is 13.0 Å². The maximum absolute atomic E-state index is 10.5. The summed E-state index contributed by atoms with van der Waals surface area (Å²) in [5.41, 5.74) is 3.28. The predicted molar refractivity (Wildman–Crippen MR) is 66.3 cm³/mol. The van der Waals surface area contributed by atoms with Crippen molar-refractivity contribution in [1.82, 2.24) is 9.38 Å². The second-order valence-electron chi connectivity index (χ2n) is 4.84. The maximum atomic E-state index is 10.5. The Morgan fingerprint density at radius 3 is 3.00 bits per heavy atom. The minimum absolute atomic E-state index is 0.486. The van der Waals surface area contributed by atoms with E-state index in [0.717, 1.165) is 23.1 Å². The van der Waals surface area contributed by atoms with Crippen LogP contribution in [0.1, 0.15) is 42.3 Å². The van der Waals surface area contributed by atoms with Crippen LogP contribution in [0, 0.1) is 6.92 Å². The molecule has 88 valence electrons. The van der Waals surface area contributed by atoms with Gasteiger partial charge in [0.25, 0.3) is 0 Å². The quantitative estimate of drug-likeness (QED) is 0.757. The summed E-state index contributed by atoms with van der Waals surface area (Å²) in [6.45, 7) is 2.04. The number of pyridine rings is 1. The summed E-state index contributed by atoms with van der Waals surface area (Å²) >= 11 is 0. The van der Waals surface area contributed by atoms with E-state index < -0.39 is 0 Å². The van der Waals surface area contributed by atoms with Crippen LogP contribution in [-0.2, 0) is 11.2 Å². The lowest BCUT2D eigenvalue weighted by Gasteiger charge is -2.24. The van der Waals surface area contributed by atoms with Crippen LogP contribution in [0.3, 0.4) is 0 Å². The van der Waals surface area contributed by atoms with Crippen LogP contribution in [-0.4, -0.2) is 15.7 Å². The molecule has 0 aromatic carbocycles. The number of carbonyl (C=O) groups is 1. The zero-order valence-electron chi connectivity index (χ0n) is 10.0. The highest BCUT2D eigenvalue weighted by atomic mass is 16.1. The summed E-state index contributed by atoms with van der Waals surface area (Å²) in [5.74, 6) is 1.83. The van der Waals surface area contributed by atoms with E-state index in [2.05, 4.69) is 21.6 Å². The smallest absolute Gasteiger partial charge is 0.124 e. The molecular formula is C14H16N2O. The van der Waals surface area contributed by atoms with Crippen LogP contribution in [0.2, 0.25) is 0 Å². The van der Waals surface area contributed by atoms with Crippen LogP contribution >= 0.6 is 0 Å². The molecule has 0 aliphatic heterocycles. The number of nitrogens with zero attached hydrogens (tertiary/aromatic N) is 2. The zero-order chi connectivity index (χ0) is 11.8. The first-order valence-corrected chi connectivity index (χ1v) is 6.20. The predicted octanol–water partition coefficient (Wildman–Crippen LogP) is 2.65. The van der Waals surface area contributed by atoms with Crippen molar-refractivity contribution in [3.8, 4) is 0 Å². The first-order valence-electron chi connectivity index (χ1n) is 6.20. The summed E-state index contributed by atoms with van der Waals surface area (Å²) in [7, 11) is 0. The number of aryl methyl sites for hydroxylation is 1. The summed E-state index contributed by atoms with van der Waals surface area (Å²) in [6.07, 6.45) is 7.33. The molecule has 1 aliphatic carbocycles. The van der Waals surface area contributed by atoms with Crippen molar-refractivity contribution in [3.63, 3.8) is 0 Å². The molecular weight excluding hydrogens is 212 g/mol. The fourth-order valence-corrected chi connectivity index (χ4v) is 2.48. The Kier molecular flexibility index (Phi) is 2.46.